The highest BCUT2D eigenvalue weighted by atomic mass is 32.3. The minimum absolute atomic E-state index is 0.0186. The number of fused-ring (bicyclic) bond motifs is 1. The Bertz CT molecular complexity index is 1380. The Hall–Kier alpha value is -3.44. The topological polar surface area (TPSA) is 121 Å². The van der Waals surface area contributed by atoms with Crippen LogP contribution in [0.4, 0.5) is 0 Å². The van der Waals surface area contributed by atoms with Gasteiger partial charge in [-0.05, 0) is 66.6 Å². The van der Waals surface area contributed by atoms with Gasteiger partial charge in [0.25, 0.3) is 5.91 Å². The second-order valence-electron chi connectivity index (χ2n) is 7.98. The maximum atomic E-state index is 12.4. The van der Waals surface area contributed by atoms with Crippen LogP contribution in [-0.2, 0) is 14.6 Å². The molecule has 11 heteroatoms. The Morgan fingerprint density at radius 3 is 2.51 bits per heavy atom. The highest BCUT2D eigenvalue weighted by Crippen LogP contribution is 2.30. The van der Waals surface area contributed by atoms with Crippen LogP contribution in [0, 0.1) is 19.3 Å². The van der Waals surface area contributed by atoms with Crippen molar-refractivity contribution in [3.63, 3.8) is 0 Å². The van der Waals surface area contributed by atoms with Crippen LogP contribution < -0.4 is 9.47 Å². The summed E-state index contributed by atoms with van der Waals surface area (Å²) in [5.41, 5.74) is 3.01. The maximum Gasteiger partial charge on any atom is 0.283 e. The Morgan fingerprint density at radius 2 is 1.80 bits per heavy atom. The minimum atomic E-state index is -3.57. The molecule has 0 unspecified atom stereocenters. The first kappa shape index (κ1) is 24.7. The van der Waals surface area contributed by atoms with E-state index in [-0.39, 0.29) is 21.0 Å². The molecule has 1 N–H and O–H groups in total. The van der Waals surface area contributed by atoms with Gasteiger partial charge in [0.15, 0.2) is 5.84 Å². The molecule has 0 bridgehead atoms. The van der Waals surface area contributed by atoms with Gasteiger partial charge in [-0.2, -0.15) is 10.0 Å². The van der Waals surface area contributed by atoms with Gasteiger partial charge in [0, 0.05) is 12.7 Å². The Balaban J connectivity index is 1.34. The van der Waals surface area contributed by atoms with Gasteiger partial charge in [-0.25, -0.2) is 8.42 Å². The summed E-state index contributed by atoms with van der Waals surface area (Å²) in [7, 11) is -3.57. The van der Waals surface area contributed by atoms with Crippen molar-refractivity contribution in [1.82, 2.24) is 5.01 Å². The Morgan fingerprint density at radius 1 is 1.09 bits per heavy atom. The number of ether oxygens (including phenoxy) is 2. The van der Waals surface area contributed by atoms with Gasteiger partial charge >= 0.3 is 0 Å². The first-order valence-corrected chi connectivity index (χ1v) is 13.5. The van der Waals surface area contributed by atoms with Gasteiger partial charge < -0.3 is 9.47 Å². The predicted molar refractivity (Wildman–Crippen MR) is 138 cm³/mol. The monoisotopic (exact) mass is 512 g/mol. The van der Waals surface area contributed by atoms with Gasteiger partial charge in [0.05, 0.1) is 18.8 Å². The van der Waals surface area contributed by atoms with Gasteiger partial charge in [0.2, 0.25) is 19.4 Å². The third-order valence-electron chi connectivity index (χ3n) is 5.31. The standard InChI is InChI=1S/C24H24N4O5S2/c1-15-6-4-7-20(16(15)2)33-13-5-12-32-18-10-8-17(9-11-18)14-19-21(25)28-23(26-22(19)29)34-24(27-28)35(3,30)31/h4,6-11,14,25H,5,12-13H2,1-3H3/b19-14+,25-21?. The minimum Gasteiger partial charge on any atom is -0.493 e. The number of aliphatic imine (C=N–C) groups is 1. The fraction of sp³-hybridized carbons (Fsp3) is 0.250. The number of hydrogen-bond acceptors (Lipinski definition) is 8. The molecule has 1 amide bonds. The number of nitrogens with one attached hydrogen (secondary N) is 1. The second-order valence-corrected chi connectivity index (χ2v) is 11.1. The van der Waals surface area contributed by atoms with E-state index in [1.807, 2.05) is 19.1 Å². The maximum absolute atomic E-state index is 12.4. The second kappa shape index (κ2) is 10.0. The molecule has 0 radical (unpaired) electrons. The molecule has 2 aliphatic rings. The molecule has 182 valence electrons. The number of amides is 1. The summed E-state index contributed by atoms with van der Waals surface area (Å²) >= 11 is 0.754. The highest BCUT2D eigenvalue weighted by molar-refractivity contribution is 8.42. The summed E-state index contributed by atoms with van der Waals surface area (Å²) in [6.07, 6.45) is 3.25. The lowest BCUT2D eigenvalue weighted by molar-refractivity contribution is -0.114. The van der Waals surface area contributed by atoms with Crippen LogP contribution in [-0.4, -0.2) is 54.2 Å². The lowest BCUT2D eigenvalue weighted by atomic mass is 10.1. The normalized spacial score (nSPS) is 16.8. The Labute approximate surface area is 208 Å². The number of thioether (sulfide) groups is 1. The van der Waals surface area contributed by atoms with E-state index in [0.29, 0.717) is 24.5 Å². The molecule has 9 nitrogen and oxygen atoms in total. The lowest BCUT2D eigenvalue weighted by Crippen LogP contribution is -2.35. The van der Waals surface area contributed by atoms with E-state index in [4.69, 9.17) is 14.9 Å². The molecule has 0 atom stereocenters. The van der Waals surface area contributed by atoms with E-state index in [9.17, 15) is 13.2 Å². The molecule has 0 fully saturated rings. The van der Waals surface area contributed by atoms with Crippen LogP contribution in [0.3, 0.4) is 0 Å². The summed E-state index contributed by atoms with van der Waals surface area (Å²) in [4.78, 5) is 16.3. The number of aryl methyl sites for hydroxylation is 1. The molecule has 0 aromatic heterocycles. The third kappa shape index (κ3) is 5.63. The summed E-state index contributed by atoms with van der Waals surface area (Å²) in [5.74, 6) is 0.702. The van der Waals surface area contributed by atoms with E-state index in [1.165, 1.54) is 11.6 Å². The van der Waals surface area contributed by atoms with Crippen molar-refractivity contribution in [1.29, 1.82) is 5.41 Å². The average Bonchev–Trinajstić information content (AvgIpc) is 3.25. The van der Waals surface area contributed by atoms with Crippen molar-refractivity contribution >= 4 is 49.0 Å². The first-order valence-electron chi connectivity index (χ1n) is 10.8. The van der Waals surface area contributed by atoms with Crippen LogP contribution in [0.1, 0.15) is 23.1 Å². The predicted octanol–water partition coefficient (Wildman–Crippen LogP) is 3.77. The number of nitrogens with zero attached hydrogens (tertiary/aromatic N) is 3. The number of amidine groups is 2. The molecule has 2 aromatic carbocycles. The molecular formula is C24H24N4O5S2. The first-order chi connectivity index (χ1) is 16.6. The van der Waals surface area contributed by atoms with Crippen molar-refractivity contribution in [3.8, 4) is 11.5 Å². The van der Waals surface area contributed by atoms with Gasteiger partial charge in [-0.1, -0.05) is 24.3 Å². The van der Waals surface area contributed by atoms with E-state index in [2.05, 4.69) is 23.1 Å². The summed E-state index contributed by atoms with van der Waals surface area (Å²) in [5, 5.41) is 13.4. The average molecular weight is 513 g/mol. The number of benzene rings is 2. The van der Waals surface area contributed by atoms with Gasteiger partial charge in [-0.15, -0.1) is 5.10 Å². The smallest absolute Gasteiger partial charge is 0.283 e. The van der Waals surface area contributed by atoms with Crippen LogP contribution in [0.5, 0.6) is 11.5 Å². The number of sulfone groups is 1. The zero-order valence-corrected chi connectivity index (χ0v) is 21.1. The van der Waals surface area contributed by atoms with Crippen molar-refractivity contribution in [2.75, 3.05) is 19.5 Å². The number of hydrogen-bond donors (Lipinski definition) is 1. The fourth-order valence-electron chi connectivity index (χ4n) is 3.26. The van der Waals surface area contributed by atoms with Gasteiger partial charge in [-0.3, -0.25) is 10.2 Å². The molecule has 2 aromatic rings. The van der Waals surface area contributed by atoms with Crippen LogP contribution in [0.25, 0.3) is 6.08 Å². The molecule has 4 rings (SSSR count). The van der Waals surface area contributed by atoms with E-state index in [1.54, 1.807) is 24.3 Å². The van der Waals surface area contributed by atoms with E-state index in [0.717, 1.165) is 40.8 Å². The number of rotatable bonds is 7. The van der Waals surface area contributed by atoms with Crippen molar-refractivity contribution in [2.45, 2.75) is 20.3 Å². The van der Waals surface area contributed by atoms with Crippen molar-refractivity contribution < 1.29 is 22.7 Å². The molecule has 2 aliphatic heterocycles. The molecular weight excluding hydrogens is 488 g/mol. The van der Waals surface area contributed by atoms with Gasteiger partial charge in [0.1, 0.15) is 11.5 Å². The quantitative estimate of drug-likeness (QED) is 0.443. The number of carbonyl (C=O) groups excluding carboxylic acids is 1. The van der Waals surface area contributed by atoms with Crippen LogP contribution in [0.2, 0.25) is 0 Å². The molecule has 0 aliphatic carbocycles. The molecule has 0 spiro atoms. The van der Waals surface area contributed by atoms with Crippen LogP contribution >= 0.6 is 11.8 Å². The largest absolute Gasteiger partial charge is 0.493 e. The van der Waals surface area contributed by atoms with E-state index < -0.39 is 15.7 Å². The van der Waals surface area contributed by atoms with Crippen molar-refractivity contribution in [3.05, 3.63) is 64.7 Å². The lowest BCUT2D eigenvalue weighted by Gasteiger charge is -2.20. The third-order valence-corrected chi connectivity index (χ3v) is 7.89. The molecule has 0 saturated heterocycles. The summed E-state index contributed by atoms with van der Waals surface area (Å²) < 4.78 is 34.9. The van der Waals surface area contributed by atoms with E-state index >= 15 is 0 Å². The zero-order valence-electron chi connectivity index (χ0n) is 19.4. The molecule has 0 saturated carbocycles. The highest BCUT2D eigenvalue weighted by Gasteiger charge is 2.38. The molecule has 2 heterocycles. The number of hydrazone groups is 1. The molecule has 35 heavy (non-hydrogen) atoms. The zero-order chi connectivity index (χ0) is 25.2. The summed E-state index contributed by atoms with van der Waals surface area (Å²) in [6.45, 7) is 5.12. The SMILES string of the molecule is Cc1cccc(OCCCOc2ccc(/C=C3\C(=N)N4N=C(S(C)(=O)=O)SC4=NC3=O)cc2)c1C. The number of carbonyl (C=O) groups is 1. The summed E-state index contributed by atoms with van der Waals surface area (Å²) in [6, 6.07) is 13.1. The van der Waals surface area contributed by atoms with Crippen molar-refractivity contribution in [2.24, 2.45) is 10.1 Å². The van der Waals surface area contributed by atoms with Crippen LogP contribution in [0.15, 0.2) is 58.1 Å². The fourth-order valence-corrected chi connectivity index (χ4v) is 4.95. The Kier molecular flexibility index (Phi) is 7.08.